The highest BCUT2D eigenvalue weighted by atomic mass is 16.1. The summed E-state index contributed by atoms with van der Waals surface area (Å²) in [6, 6.07) is 0. The van der Waals surface area contributed by atoms with Gasteiger partial charge >= 0.3 is 0 Å². The lowest BCUT2D eigenvalue weighted by Gasteiger charge is -2.20. The van der Waals surface area contributed by atoms with E-state index in [1.54, 1.807) is 0 Å². The molecule has 11 heavy (non-hydrogen) atoms. The molecule has 1 saturated carbocycles. The van der Waals surface area contributed by atoms with Crippen LogP contribution in [-0.4, -0.2) is 12.3 Å². The molecule has 2 heteroatoms. The van der Waals surface area contributed by atoms with E-state index < -0.39 is 0 Å². The Labute approximate surface area is 68.2 Å². The third kappa shape index (κ3) is 2.29. The van der Waals surface area contributed by atoms with E-state index >= 15 is 0 Å². The SMILES string of the molecule is CC(C)(CN)C(=O)CC1CC1. The highest BCUT2D eigenvalue weighted by Crippen LogP contribution is 2.35. The zero-order valence-electron chi connectivity index (χ0n) is 7.39. The maximum absolute atomic E-state index is 11.5. The van der Waals surface area contributed by atoms with Crippen LogP contribution in [-0.2, 0) is 4.79 Å². The number of ketones is 1. The topological polar surface area (TPSA) is 43.1 Å². The molecule has 1 fully saturated rings. The number of carbonyl (C=O) groups excluding carboxylic acids is 1. The molecule has 0 saturated heterocycles. The van der Waals surface area contributed by atoms with Gasteiger partial charge < -0.3 is 5.73 Å². The zero-order chi connectivity index (χ0) is 8.48. The molecule has 0 aromatic heterocycles. The van der Waals surface area contributed by atoms with Gasteiger partial charge in [0.05, 0.1) is 0 Å². The summed E-state index contributed by atoms with van der Waals surface area (Å²) in [7, 11) is 0. The van der Waals surface area contributed by atoms with Crippen LogP contribution in [0, 0.1) is 11.3 Å². The van der Waals surface area contributed by atoms with Gasteiger partial charge in [0.25, 0.3) is 0 Å². The van der Waals surface area contributed by atoms with Gasteiger partial charge in [0.2, 0.25) is 0 Å². The average molecular weight is 155 g/mol. The summed E-state index contributed by atoms with van der Waals surface area (Å²) in [6.07, 6.45) is 3.24. The summed E-state index contributed by atoms with van der Waals surface area (Å²) < 4.78 is 0. The molecule has 2 N–H and O–H groups in total. The van der Waals surface area contributed by atoms with Crippen LogP contribution in [0.1, 0.15) is 33.1 Å². The quantitative estimate of drug-likeness (QED) is 0.665. The Balaban J connectivity index is 2.37. The molecule has 2 nitrogen and oxygen atoms in total. The van der Waals surface area contributed by atoms with Crippen LogP contribution in [0.5, 0.6) is 0 Å². The van der Waals surface area contributed by atoms with Gasteiger partial charge in [0.1, 0.15) is 5.78 Å². The first kappa shape index (κ1) is 8.72. The normalized spacial score (nSPS) is 18.5. The number of carbonyl (C=O) groups is 1. The first-order chi connectivity index (χ1) is 5.06. The average Bonchev–Trinajstić information content (AvgIpc) is 2.72. The van der Waals surface area contributed by atoms with Crippen LogP contribution in [0.2, 0.25) is 0 Å². The van der Waals surface area contributed by atoms with Gasteiger partial charge in [-0.25, -0.2) is 0 Å². The van der Waals surface area contributed by atoms with E-state index in [0.717, 1.165) is 6.42 Å². The lowest BCUT2D eigenvalue weighted by Crippen LogP contribution is -2.32. The molecular formula is C9H17NO. The van der Waals surface area contributed by atoms with Crippen molar-refractivity contribution in [2.45, 2.75) is 33.1 Å². The third-order valence-electron chi connectivity index (χ3n) is 2.44. The smallest absolute Gasteiger partial charge is 0.140 e. The van der Waals surface area contributed by atoms with Crippen molar-refractivity contribution in [3.05, 3.63) is 0 Å². The van der Waals surface area contributed by atoms with Crippen molar-refractivity contribution in [2.75, 3.05) is 6.54 Å². The molecule has 0 aromatic rings. The van der Waals surface area contributed by atoms with Crippen molar-refractivity contribution in [2.24, 2.45) is 17.1 Å². The molecule has 0 atom stereocenters. The second-order valence-electron chi connectivity index (χ2n) is 4.16. The van der Waals surface area contributed by atoms with Gasteiger partial charge in [-0.3, -0.25) is 4.79 Å². The summed E-state index contributed by atoms with van der Waals surface area (Å²) in [5.41, 5.74) is 5.19. The van der Waals surface area contributed by atoms with E-state index in [-0.39, 0.29) is 5.41 Å². The van der Waals surface area contributed by atoms with Crippen LogP contribution in [0.15, 0.2) is 0 Å². The minimum Gasteiger partial charge on any atom is -0.329 e. The van der Waals surface area contributed by atoms with Crippen LogP contribution < -0.4 is 5.73 Å². The van der Waals surface area contributed by atoms with Gasteiger partial charge in [-0.15, -0.1) is 0 Å². The Morgan fingerprint density at radius 2 is 2.09 bits per heavy atom. The molecular weight excluding hydrogens is 138 g/mol. The predicted molar refractivity (Wildman–Crippen MR) is 45.2 cm³/mol. The van der Waals surface area contributed by atoms with Gasteiger partial charge in [-0.05, 0) is 18.8 Å². The standard InChI is InChI=1S/C9H17NO/c1-9(2,6-10)8(11)5-7-3-4-7/h7H,3-6,10H2,1-2H3. The molecule has 0 aromatic carbocycles. The molecule has 0 spiro atoms. The Morgan fingerprint density at radius 1 is 1.55 bits per heavy atom. The highest BCUT2D eigenvalue weighted by molar-refractivity contribution is 5.84. The largest absolute Gasteiger partial charge is 0.329 e. The first-order valence-electron chi connectivity index (χ1n) is 4.29. The molecule has 0 amide bonds. The molecule has 0 unspecified atom stereocenters. The van der Waals surface area contributed by atoms with Crippen LogP contribution in [0.25, 0.3) is 0 Å². The van der Waals surface area contributed by atoms with E-state index in [1.807, 2.05) is 13.8 Å². The van der Waals surface area contributed by atoms with Gasteiger partial charge in [-0.2, -0.15) is 0 Å². The van der Waals surface area contributed by atoms with E-state index in [1.165, 1.54) is 12.8 Å². The molecule has 0 bridgehead atoms. The fraction of sp³-hybridized carbons (Fsp3) is 0.889. The molecule has 64 valence electrons. The Bertz CT molecular complexity index is 159. The van der Waals surface area contributed by atoms with Crippen LogP contribution in [0.4, 0.5) is 0 Å². The third-order valence-corrected chi connectivity index (χ3v) is 2.44. The van der Waals surface area contributed by atoms with E-state index in [2.05, 4.69) is 0 Å². The highest BCUT2D eigenvalue weighted by Gasteiger charge is 2.31. The maximum Gasteiger partial charge on any atom is 0.140 e. The molecule has 0 radical (unpaired) electrons. The van der Waals surface area contributed by atoms with Crippen molar-refractivity contribution >= 4 is 5.78 Å². The van der Waals surface area contributed by atoms with Crippen LogP contribution >= 0.6 is 0 Å². The number of nitrogens with two attached hydrogens (primary N) is 1. The predicted octanol–water partition coefficient (Wildman–Crippen LogP) is 1.34. The van der Waals surface area contributed by atoms with Crippen molar-refractivity contribution in [3.63, 3.8) is 0 Å². The minimum atomic E-state index is -0.289. The molecule has 0 heterocycles. The number of rotatable bonds is 4. The molecule has 0 aliphatic heterocycles. The summed E-state index contributed by atoms with van der Waals surface area (Å²) in [6.45, 7) is 4.33. The van der Waals surface area contributed by atoms with E-state index in [4.69, 9.17) is 5.73 Å². The Kier molecular flexibility index (Phi) is 2.33. The Hall–Kier alpha value is -0.370. The second kappa shape index (κ2) is 2.94. The fourth-order valence-corrected chi connectivity index (χ4v) is 0.974. The fourth-order valence-electron chi connectivity index (χ4n) is 0.974. The molecule has 1 aliphatic rings. The maximum atomic E-state index is 11.5. The molecule has 1 rings (SSSR count). The van der Waals surface area contributed by atoms with Crippen LogP contribution in [0.3, 0.4) is 0 Å². The summed E-state index contributed by atoms with van der Waals surface area (Å²) >= 11 is 0. The number of hydrogen-bond donors (Lipinski definition) is 1. The van der Waals surface area contributed by atoms with Gasteiger partial charge in [-0.1, -0.05) is 13.8 Å². The monoisotopic (exact) mass is 155 g/mol. The summed E-state index contributed by atoms with van der Waals surface area (Å²) in [5.74, 6) is 1.02. The first-order valence-corrected chi connectivity index (χ1v) is 4.29. The summed E-state index contributed by atoms with van der Waals surface area (Å²) in [5, 5.41) is 0. The van der Waals surface area contributed by atoms with Crippen molar-refractivity contribution in [1.82, 2.24) is 0 Å². The van der Waals surface area contributed by atoms with Crippen molar-refractivity contribution < 1.29 is 4.79 Å². The minimum absolute atomic E-state index is 0.289. The van der Waals surface area contributed by atoms with Gasteiger partial charge in [0, 0.05) is 18.4 Å². The zero-order valence-corrected chi connectivity index (χ0v) is 7.39. The van der Waals surface area contributed by atoms with E-state index in [9.17, 15) is 4.79 Å². The lowest BCUT2D eigenvalue weighted by molar-refractivity contribution is -0.127. The van der Waals surface area contributed by atoms with E-state index in [0.29, 0.717) is 18.2 Å². The van der Waals surface area contributed by atoms with Crippen molar-refractivity contribution in [3.8, 4) is 0 Å². The van der Waals surface area contributed by atoms with Crippen molar-refractivity contribution in [1.29, 1.82) is 0 Å². The number of Topliss-reactive ketones (excluding diaryl/α,β-unsaturated/α-hetero) is 1. The second-order valence-corrected chi connectivity index (χ2v) is 4.16. The Morgan fingerprint density at radius 3 is 2.45 bits per heavy atom. The lowest BCUT2D eigenvalue weighted by atomic mass is 9.85. The summed E-state index contributed by atoms with van der Waals surface area (Å²) in [4.78, 5) is 11.5. The molecule has 1 aliphatic carbocycles. The van der Waals surface area contributed by atoms with Gasteiger partial charge in [0.15, 0.2) is 0 Å². The number of hydrogen-bond acceptors (Lipinski definition) is 2.